The van der Waals surface area contributed by atoms with Crippen LogP contribution in [0, 0.1) is 0 Å². The number of hydrogen-bond donors (Lipinski definition) is 3. The van der Waals surface area contributed by atoms with Gasteiger partial charge in [0.15, 0.2) is 0 Å². The second-order valence-electron chi connectivity index (χ2n) is 7.99. The van der Waals surface area contributed by atoms with Gasteiger partial charge in [0, 0.05) is 6.20 Å². The van der Waals surface area contributed by atoms with Gasteiger partial charge >= 0.3 is 5.97 Å². The first kappa shape index (κ1) is 25.1. The fourth-order valence-corrected chi connectivity index (χ4v) is 3.52. The van der Waals surface area contributed by atoms with Gasteiger partial charge in [-0.25, -0.2) is 4.98 Å². The molecule has 186 valence electrons. The van der Waals surface area contributed by atoms with E-state index in [1.807, 2.05) is 91.0 Å². The second-order valence-corrected chi connectivity index (χ2v) is 7.99. The summed E-state index contributed by atoms with van der Waals surface area (Å²) in [5, 5.41) is 15.6. The van der Waals surface area contributed by atoms with Crippen LogP contribution in [0.4, 0.5) is 0 Å². The number of carbonyl (C=O) groups excluding carboxylic acids is 3. The topological polar surface area (TPSA) is 131 Å². The zero-order valence-electron chi connectivity index (χ0n) is 19.7. The highest BCUT2D eigenvalue weighted by atomic mass is 16.5. The Morgan fingerprint density at radius 1 is 0.811 bits per heavy atom. The maximum absolute atomic E-state index is 13.0. The van der Waals surface area contributed by atoms with Gasteiger partial charge in [-0.1, -0.05) is 91.0 Å². The second kappa shape index (κ2) is 12.1. The molecular weight excluding hydrogens is 472 g/mol. The molecule has 0 bridgehead atoms. The molecule has 4 rings (SSSR count). The molecule has 1 heterocycles. The van der Waals surface area contributed by atoms with E-state index < -0.39 is 42.1 Å². The fourth-order valence-electron chi connectivity index (χ4n) is 3.52. The van der Waals surface area contributed by atoms with Crippen LogP contribution in [0.2, 0.25) is 0 Å². The third-order valence-electron chi connectivity index (χ3n) is 5.39. The van der Waals surface area contributed by atoms with E-state index in [0.717, 1.165) is 22.9 Å². The van der Waals surface area contributed by atoms with Crippen LogP contribution in [0.15, 0.2) is 97.2 Å². The van der Waals surface area contributed by atoms with Crippen LogP contribution in [0.3, 0.4) is 0 Å². The molecular formula is C28H24N4O5. The number of benzene rings is 3. The van der Waals surface area contributed by atoms with Crippen molar-refractivity contribution in [3.8, 4) is 5.88 Å². The van der Waals surface area contributed by atoms with E-state index in [-0.39, 0.29) is 12.2 Å². The highest BCUT2D eigenvalue weighted by molar-refractivity contribution is 5.98. The highest BCUT2D eigenvalue weighted by Gasteiger charge is 2.22. The SMILES string of the molecule is O=C(CNC(=O)c1ncc(C(=O)NC(c2ccccc2)c2ccccc2)c(O)n1)OCc1ccccc1. The highest BCUT2D eigenvalue weighted by Crippen LogP contribution is 2.23. The lowest BCUT2D eigenvalue weighted by molar-refractivity contribution is -0.143. The molecule has 0 saturated carbocycles. The minimum absolute atomic E-state index is 0.0730. The number of nitrogens with one attached hydrogen (secondary N) is 2. The molecule has 0 unspecified atom stereocenters. The fraction of sp³-hybridized carbons (Fsp3) is 0.107. The van der Waals surface area contributed by atoms with Gasteiger partial charge in [-0.2, -0.15) is 4.98 Å². The smallest absolute Gasteiger partial charge is 0.325 e. The van der Waals surface area contributed by atoms with Crippen LogP contribution in [0.1, 0.15) is 43.7 Å². The van der Waals surface area contributed by atoms with E-state index in [0.29, 0.717) is 0 Å². The molecule has 0 aliphatic rings. The Kier molecular flexibility index (Phi) is 8.18. The molecule has 0 aliphatic heterocycles. The summed E-state index contributed by atoms with van der Waals surface area (Å²) in [6.07, 6.45) is 1.06. The summed E-state index contributed by atoms with van der Waals surface area (Å²) < 4.78 is 5.10. The van der Waals surface area contributed by atoms with Gasteiger partial charge in [-0.3, -0.25) is 14.4 Å². The third kappa shape index (κ3) is 6.76. The Balaban J connectivity index is 1.38. The van der Waals surface area contributed by atoms with Crippen molar-refractivity contribution >= 4 is 17.8 Å². The van der Waals surface area contributed by atoms with Crippen LogP contribution < -0.4 is 10.6 Å². The Labute approximate surface area is 213 Å². The number of hydrogen-bond acceptors (Lipinski definition) is 7. The molecule has 9 heteroatoms. The Hall–Kier alpha value is -5.05. The molecule has 3 aromatic carbocycles. The lowest BCUT2D eigenvalue weighted by atomic mass is 9.98. The Bertz CT molecular complexity index is 1330. The van der Waals surface area contributed by atoms with Crippen LogP contribution in [-0.2, 0) is 16.1 Å². The third-order valence-corrected chi connectivity index (χ3v) is 5.39. The standard InChI is InChI=1S/C28H24N4O5/c33-23(37-18-19-10-4-1-5-11-19)17-30-28(36)25-29-16-22(27(35)32-25)26(34)31-24(20-12-6-2-7-13-20)21-14-8-3-9-15-21/h1-16,24H,17-18H2,(H,30,36)(H,31,34)(H,29,32,35). The normalized spacial score (nSPS) is 10.5. The van der Waals surface area contributed by atoms with Gasteiger partial charge in [0.2, 0.25) is 11.7 Å². The number of aromatic hydroxyl groups is 1. The molecule has 37 heavy (non-hydrogen) atoms. The van der Waals surface area contributed by atoms with Gasteiger partial charge in [-0.05, 0) is 16.7 Å². The molecule has 2 amide bonds. The van der Waals surface area contributed by atoms with Crippen molar-refractivity contribution in [2.45, 2.75) is 12.6 Å². The van der Waals surface area contributed by atoms with Crippen LogP contribution >= 0.6 is 0 Å². The van der Waals surface area contributed by atoms with E-state index in [1.54, 1.807) is 0 Å². The predicted octanol–water partition coefficient (Wildman–Crippen LogP) is 3.17. The van der Waals surface area contributed by atoms with Crippen LogP contribution in [-0.4, -0.2) is 39.4 Å². The summed E-state index contributed by atoms with van der Waals surface area (Å²) >= 11 is 0. The average molecular weight is 497 g/mol. The van der Waals surface area contributed by atoms with E-state index in [1.165, 1.54) is 0 Å². The molecule has 0 fully saturated rings. The number of aromatic nitrogens is 2. The van der Waals surface area contributed by atoms with Crippen molar-refractivity contribution in [2.75, 3.05) is 6.54 Å². The lowest BCUT2D eigenvalue weighted by Gasteiger charge is -2.20. The van der Waals surface area contributed by atoms with E-state index in [4.69, 9.17) is 4.74 Å². The van der Waals surface area contributed by atoms with E-state index in [9.17, 15) is 19.5 Å². The van der Waals surface area contributed by atoms with Crippen molar-refractivity contribution in [2.24, 2.45) is 0 Å². The molecule has 0 atom stereocenters. The monoisotopic (exact) mass is 496 g/mol. The number of amides is 2. The number of ether oxygens (including phenoxy) is 1. The van der Waals surface area contributed by atoms with Gasteiger partial charge in [0.1, 0.15) is 18.7 Å². The number of esters is 1. The quantitative estimate of drug-likeness (QED) is 0.303. The van der Waals surface area contributed by atoms with Gasteiger partial charge in [0.05, 0.1) is 6.04 Å². The zero-order chi connectivity index (χ0) is 26.0. The maximum Gasteiger partial charge on any atom is 0.325 e. The summed E-state index contributed by atoms with van der Waals surface area (Å²) in [6.45, 7) is -0.336. The van der Waals surface area contributed by atoms with Crippen molar-refractivity contribution in [3.05, 3.63) is 125 Å². The molecule has 0 aliphatic carbocycles. The molecule has 3 N–H and O–H groups in total. The van der Waals surface area contributed by atoms with Gasteiger partial charge in [-0.15, -0.1) is 0 Å². The molecule has 0 saturated heterocycles. The summed E-state index contributed by atoms with van der Waals surface area (Å²) in [6, 6.07) is 27.4. The summed E-state index contributed by atoms with van der Waals surface area (Å²) in [4.78, 5) is 44.9. The van der Waals surface area contributed by atoms with Crippen molar-refractivity contribution < 1.29 is 24.2 Å². The summed E-state index contributed by atoms with van der Waals surface area (Å²) in [5.41, 5.74) is 2.30. The van der Waals surface area contributed by atoms with Gasteiger partial charge < -0.3 is 20.5 Å². The van der Waals surface area contributed by atoms with Crippen LogP contribution in [0.5, 0.6) is 5.88 Å². The number of nitrogens with zero attached hydrogens (tertiary/aromatic N) is 2. The molecule has 4 aromatic rings. The first-order valence-electron chi connectivity index (χ1n) is 11.5. The number of carbonyl (C=O) groups is 3. The first-order valence-corrected chi connectivity index (χ1v) is 11.5. The van der Waals surface area contributed by atoms with Crippen molar-refractivity contribution in [1.82, 2.24) is 20.6 Å². The van der Waals surface area contributed by atoms with Crippen molar-refractivity contribution in [1.29, 1.82) is 0 Å². The van der Waals surface area contributed by atoms with Crippen LogP contribution in [0.25, 0.3) is 0 Å². The number of rotatable bonds is 9. The molecule has 0 spiro atoms. The maximum atomic E-state index is 13.0. The molecule has 9 nitrogen and oxygen atoms in total. The van der Waals surface area contributed by atoms with Crippen molar-refractivity contribution in [3.63, 3.8) is 0 Å². The van der Waals surface area contributed by atoms with E-state index in [2.05, 4.69) is 20.6 Å². The summed E-state index contributed by atoms with van der Waals surface area (Å²) in [5.74, 6) is -3.13. The summed E-state index contributed by atoms with van der Waals surface area (Å²) in [7, 11) is 0. The first-order chi connectivity index (χ1) is 18.0. The molecule has 1 aromatic heterocycles. The largest absolute Gasteiger partial charge is 0.493 e. The van der Waals surface area contributed by atoms with E-state index >= 15 is 0 Å². The molecule has 0 radical (unpaired) electrons. The zero-order valence-corrected chi connectivity index (χ0v) is 19.7. The minimum atomic E-state index is -0.801. The lowest BCUT2D eigenvalue weighted by Crippen LogP contribution is -2.32. The minimum Gasteiger partial charge on any atom is -0.493 e. The predicted molar refractivity (Wildman–Crippen MR) is 134 cm³/mol. The average Bonchev–Trinajstić information content (AvgIpc) is 2.94. The Morgan fingerprint density at radius 2 is 1.38 bits per heavy atom. The van der Waals surface area contributed by atoms with Gasteiger partial charge in [0.25, 0.3) is 11.8 Å². The Morgan fingerprint density at radius 3 is 1.95 bits per heavy atom.